The van der Waals surface area contributed by atoms with Gasteiger partial charge in [-0.05, 0) is 12.1 Å². The maximum atomic E-state index is 11.6. The third-order valence-corrected chi connectivity index (χ3v) is 2.23. The minimum absolute atomic E-state index is 0.270. The van der Waals surface area contributed by atoms with Crippen LogP contribution in [0.15, 0.2) is 35.1 Å². The number of H-pyrrole nitrogens is 1. The van der Waals surface area contributed by atoms with E-state index >= 15 is 0 Å². The van der Waals surface area contributed by atoms with Gasteiger partial charge in [0.15, 0.2) is 5.52 Å². The molecule has 0 saturated carbocycles. The Morgan fingerprint density at radius 1 is 1.07 bits per heavy atom. The Morgan fingerprint density at radius 2 is 1.93 bits per heavy atom. The molecule has 0 radical (unpaired) electrons. The Hall–Kier alpha value is -2.30. The summed E-state index contributed by atoms with van der Waals surface area (Å²) in [5.41, 5.74) is 1.10. The zero-order chi connectivity index (χ0) is 10.3. The lowest BCUT2D eigenvalue weighted by Gasteiger charge is -1.86. The van der Waals surface area contributed by atoms with E-state index in [1.54, 1.807) is 12.1 Å². The van der Waals surface area contributed by atoms with Crippen molar-refractivity contribution in [1.82, 2.24) is 20.4 Å². The van der Waals surface area contributed by atoms with Gasteiger partial charge in [0.25, 0.3) is 5.56 Å². The van der Waals surface area contributed by atoms with Crippen LogP contribution in [0.1, 0.15) is 0 Å². The van der Waals surface area contributed by atoms with Crippen LogP contribution in [0.5, 0.6) is 0 Å². The quantitative estimate of drug-likeness (QED) is 0.581. The summed E-state index contributed by atoms with van der Waals surface area (Å²) in [6.45, 7) is 0. The maximum Gasteiger partial charge on any atom is 0.300 e. The second-order valence-electron chi connectivity index (χ2n) is 3.18. The van der Waals surface area contributed by atoms with Crippen molar-refractivity contribution >= 4 is 21.9 Å². The lowest BCUT2D eigenvalue weighted by atomic mass is 10.2. The molecule has 5 nitrogen and oxygen atoms in total. The number of nitrogens with one attached hydrogen (secondary N) is 1. The number of aromatic amines is 1. The van der Waals surface area contributed by atoms with Gasteiger partial charge in [-0.2, -0.15) is 15.4 Å². The molecule has 1 N–H and O–H groups in total. The van der Waals surface area contributed by atoms with Crippen molar-refractivity contribution in [2.24, 2.45) is 0 Å². The Balaban J connectivity index is 2.67. The van der Waals surface area contributed by atoms with Gasteiger partial charge in [-0.3, -0.25) is 4.79 Å². The van der Waals surface area contributed by atoms with E-state index in [1.807, 2.05) is 18.2 Å². The number of rotatable bonds is 0. The number of hydrogen-bond acceptors (Lipinski definition) is 4. The molecule has 72 valence electrons. The molecule has 1 aromatic carbocycles. The van der Waals surface area contributed by atoms with Crippen molar-refractivity contribution in [1.29, 1.82) is 0 Å². The van der Waals surface area contributed by atoms with Crippen molar-refractivity contribution in [3.8, 4) is 0 Å². The van der Waals surface area contributed by atoms with Gasteiger partial charge in [0.2, 0.25) is 0 Å². The topological polar surface area (TPSA) is 71.5 Å². The first-order valence-corrected chi connectivity index (χ1v) is 4.45. The van der Waals surface area contributed by atoms with Gasteiger partial charge in [-0.25, -0.2) is 4.98 Å². The predicted octanol–water partition coefficient (Wildman–Crippen LogP) is 0.866. The van der Waals surface area contributed by atoms with Crippen molar-refractivity contribution in [3.63, 3.8) is 0 Å². The highest BCUT2D eigenvalue weighted by Gasteiger charge is 2.03. The van der Waals surface area contributed by atoms with Gasteiger partial charge in [0.1, 0.15) is 5.52 Å². The second kappa shape index (κ2) is 2.84. The fourth-order valence-electron chi connectivity index (χ4n) is 1.52. The SMILES string of the molecule is O=c1nc2ccccc2cc2n[nH]nc12. The number of para-hydroxylation sites is 1. The van der Waals surface area contributed by atoms with Crippen LogP contribution in [0, 0.1) is 0 Å². The first kappa shape index (κ1) is 8.05. The molecule has 5 heteroatoms. The first-order valence-electron chi connectivity index (χ1n) is 4.45. The van der Waals surface area contributed by atoms with Crippen LogP contribution in [0.3, 0.4) is 0 Å². The molecule has 2 heterocycles. The summed E-state index contributed by atoms with van der Waals surface area (Å²) in [6, 6.07) is 9.20. The summed E-state index contributed by atoms with van der Waals surface area (Å²) < 4.78 is 0. The van der Waals surface area contributed by atoms with Gasteiger partial charge in [0, 0.05) is 5.39 Å². The normalized spacial score (nSPS) is 10.9. The molecule has 0 amide bonds. The maximum absolute atomic E-state index is 11.6. The summed E-state index contributed by atoms with van der Waals surface area (Å²) in [7, 11) is 0. The summed E-state index contributed by atoms with van der Waals surface area (Å²) in [5.74, 6) is 0. The third kappa shape index (κ3) is 1.17. The van der Waals surface area contributed by atoms with E-state index in [0.29, 0.717) is 11.0 Å². The standard InChI is InChI=1S/C10H6N4O/c15-10-9-8(12-14-13-9)5-6-3-1-2-4-7(6)11-10/h1-5H,(H,12,13,14). The molecule has 2 aromatic heterocycles. The van der Waals surface area contributed by atoms with Gasteiger partial charge >= 0.3 is 0 Å². The number of aromatic nitrogens is 4. The number of nitrogens with zero attached hydrogens (tertiary/aromatic N) is 3. The van der Waals surface area contributed by atoms with Crippen LogP contribution in [-0.4, -0.2) is 20.4 Å². The third-order valence-electron chi connectivity index (χ3n) is 2.23. The minimum atomic E-state index is -0.361. The fraction of sp³-hybridized carbons (Fsp3) is 0. The Bertz CT molecular complexity index is 704. The van der Waals surface area contributed by atoms with Crippen LogP contribution < -0.4 is 5.56 Å². The average molecular weight is 198 g/mol. The van der Waals surface area contributed by atoms with Gasteiger partial charge in [-0.1, -0.05) is 18.2 Å². The van der Waals surface area contributed by atoms with E-state index in [4.69, 9.17) is 0 Å². The number of benzene rings is 1. The van der Waals surface area contributed by atoms with Gasteiger partial charge in [0.05, 0.1) is 5.52 Å². The Kier molecular flexibility index (Phi) is 1.53. The molecule has 0 bridgehead atoms. The molecule has 0 saturated heterocycles. The number of fused-ring (bicyclic) bond motifs is 2. The van der Waals surface area contributed by atoms with E-state index in [-0.39, 0.29) is 11.1 Å². The lowest BCUT2D eigenvalue weighted by Crippen LogP contribution is -2.01. The van der Waals surface area contributed by atoms with E-state index in [1.165, 1.54) is 0 Å². The molecule has 0 aliphatic carbocycles. The highest BCUT2D eigenvalue weighted by Crippen LogP contribution is 2.11. The minimum Gasteiger partial charge on any atom is -0.265 e. The van der Waals surface area contributed by atoms with Crippen molar-refractivity contribution in [2.45, 2.75) is 0 Å². The summed E-state index contributed by atoms with van der Waals surface area (Å²) in [5, 5.41) is 11.0. The van der Waals surface area contributed by atoms with Gasteiger partial charge in [-0.15, -0.1) is 0 Å². The van der Waals surface area contributed by atoms with Crippen LogP contribution in [0.25, 0.3) is 21.9 Å². The zero-order valence-electron chi connectivity index (χ0n) is 7.64. The molecule has 0 aliphatic heterocycles. The lowest BCUT2D eigenvalue weighted by molar-refractivity contribution is 0.956. The Labute approximate surface area is 83.8 Å². The molecule has 0 fully saturated rings. The van der Waals surface area contributed by atoms with E-state index < -0.39 is 0 Å². The van der Waals surface area contributed by atoms with Crippen LogP contribution in [-0.2, 0) is 0 Å². The Morgan fingerprint density at radius 3 is 2.87 bits per heavy atom. The van der Waals surface area contributed by atoms with Gasteiger partial charge < -0.3 is 0 Å². The van der Waals surface area contributed by atoms with Crippen LogP contribution in [0.2, 0.25) is 0 Å². The van der Waals surface area contributed by atoms with Crippen molar-refractivity contribution in [2.75, 3.05) is 0 Å². The monoisotopic (exact) mass is 198 g/mol. The number of hydrogen-bond donors (Lipinski definition) is 1. The van der Waals surface area contributed by atoms with Crippen LogP contribution in [0.4, 0.5) is 0 Å². The van der Waals surface area contributed by atoms with E-state index in [2.05, 4.69) is 20.4 Å². The largest absolute Gasteiger partial charge is 0.300 e. The van der Waals surface area contributed by atoms with E-state index in [9.17, 15) is 4.79 Å². The molecule has 3 aromatic rings. The highest BCUT2D eigenvalue weighted by molar-refractivity contribution is 5.86. The summed E-state index contributed by atoms with van der Waals surface area (Å²) >= 11 is 0. The second-order valence-corrected chi connectivity index (χ2v) is 3.18. The molecule has 0 atom stereocenters. The van der Waals surface area contributed by atoms with Crippen molar-refractivity contribution < 1.29 is 0 Å². The molecule has 0 spiro atoms. The zero-order valence-corrected chi connectivity index (χ0v) is 7.64. The molecular weight excluding hydrogens is 192 g/mol. The molecule has 0 aliphatic rings. The summed E-state index contributed by atoms with van der Waals surface area (Å²) in [6.07, 6.45) is 0. The fourth-order valence-corrected chi connectivity index (χ4v) is 1.52. The van der Waals surface area contributed by atoms with Crippen LogP contribution >= 0.6 is 0 Å². The first-order chi connectivity index (χ1) is 7.34. The van der Waals surface area contributed by atoms with Crippen molar-refractivity contribution in [3.05, 3.63) is 40.7 Å². The summed E-state index contributed by atoms with van der Waals surface area (Å²) in [4.78, 5) is 15.6. The molecule has 3 rings (SSSR count). The van der Waals surface area contributed by atoms with E-state index in [0.717, 1.165) is 5.39 Å². The smallest absolute Gasteiger partial charge is 0.265 e. The predicted molar refractivity (Wildman–Crippen MR) is 55.5 cm³/mol. The molecule has 0 unspecified atom stereocenters. The molecular formula is C10H6N4O. The highest BCUT2D eigenvalue weighted by atomic mass is 16.1. The molecule has 15 heavy (non-hydrogen) atoms. The average Bonchev–Trinajstić information content (AvgIpc) is 2.64.